The van der Waals surface area contributed by atoms with E-state index in [-0.39, 0.29) is 17.9 Å². The van der Waals surface area contributed by atoms with Gasteiger partial charge in [-0.05, 0) is 46.2 Å². The Morgan fingerprint density at radius 3 is 1.71 bits per heavy atom. The summed E-state index contributed by atoms with van der Waals surface area (Å²) in [4.78, 5) is 0. The van der Waals surface area contributed by atoms with Crippen LogP contribution in [0, 0.1) is 6.92 Å². The number of nitrogens with one attached hydrogen (secondary N) is 1. The number of hydrogen-bond acceptors (Lipinski definition) is 5. The lowest BCUT2D eigenvalue weighted by Crippen LogP contribution is -2.38. The van der Waals surface area contributed by atoms with Gasteiger partial charge in [-0.1, -0.05) is 78.4 Å². The van der Waals surface area contributed by atoms with E-state index in [2.05, 4.69) is 24.4 Å². The van der Waals surface area contributed by atoms with E-state index < -0.39 is 14.7 Å². The first-order valence-electron chi connectivity index (χ1n) is 12.2. The smallest absolute Gasteiger partial charge is 0.330 e. The minimum absolute atomic E-state index is 0.180. The Bertz CT molecular complexity index is 1080. The van der Waals surface area contributed by atoms with Crippen molar-refractivity contribution in [3.05, 3.63) is 90.5 Å². The van der Waals surface area contributed by atoms with Gasteiger partial charge in [0.2, 0.25) is 0 Å². The number of benzene rings is 3. The average molecular weight is 514 g/mol. The first kappa shape index (κ1) is 27.4. The van der Waals surface area contributed by atoms with Crippen molar-refractivity contribution < 1.29 is 18.2 Å². The van der Waals surface area contributed by atoms with Crippen molar-refractivity contribution in [2.24, 2.45) is 0 Å². The SMILES string of the molecule is CCOP(=O)(CCC(C(C)Nc1ccc(C)cc1)P(=O)(c1ccccc1)c1ccccc1)OCC. The van der Waals surface area contributed by atoms with Gasteiger partial charge in [0.05, 0.1) is 19.4 Å². The summed E-state index contributed by atoms with van der Waals surface area (Å²) in [6.45, 7) is 8.32. The fraction of sp³-hybridized carbons (Fsp3) is 0.357. The zero-order valence-electron chi connectivity index (χ0n) is 21.1. The van der Waals surface area contributed by atoms with Crippen LogP contribution in [-0.4, -0.2) is 31.1 Å². The van der Waals surface area contributed by atoms with Gasteiger partial charge >= 0.3 is 7.60 Å². The summed E-state index contributed by atoms with van der Waals surface area (Å²) < 4.78 is 39.8. The molecule has 0 aliphatic heterocycles. The van der Waals surface area contributed by atoms with E-state index >= 15 is 4.57 Å². The molecule has 3 aromatic carbocycles. The van der Waals surface area contributed by atoms with Crippen LogP contribution in [0.3, 0.4) is 0 Å². The van der Waals surface area contributed by atoms with E-state index in [1.807, 2.05) is 93.6 Å². The molecule has 0 aliphatic rings. The zero-order chi connectivity index (χ0) is 25.3. The molecule has 1 N–H and O–H groups in total. The Labute approximate surface area is 210 Å². The molecule has 0 aromatic heterocycles. The molecule has 2 atom stereocenters. The minimum Gasteiger partial charge on any atom is -0.382 e. The molecule has 35 heavy (non-hydrogen) atoms. The third-order valence-corrected chi connectivity index (χ3v) is 12.0. The lowest BCUT2D eigenvalue weighted by molar-refractivity contribution is 0.219. The molecule has 3 aromatic rings. The minimum atomic E-state index is -3.30. The molecule has 0 fully saturated rings. The van der Waals surface area contributed by atoms with E-state index in [0.29, 0.717) is 19.6 Å². The Kier molecular flexibility index (Phi) is 9.95. The van der Waals surface area contributed by atoms with Crippen LogP contribution >= 0.6 is 14.7 Å². The lowest BCUT2D eigenvalue weighted by Gasteiger charge is -2.34. The van der Waals surface area contributed by atoms with Crippen LogP contribution in [0.4, 0.5) is 5.69 Å². The average Bonchev–Trinajstić information content (AvgIpc) is 2.86. The maximum atomic E-state index is 15.2. The van der Waals surface area contributed by atoms with Crippen molar-refractivity contribution >= 4 is 31.0 Å². The molecule has 0 saturated carbocycles. The standard InChI is InChI=1S/C28H37NO4P2/c1-5-32-34(30,33-6-2)22-21-28(24(4)29-25-19-17-23(3)18-20-25)35(31,26-13-9-7-10-14-26)27-15-11-8-12-16-27/h7-20,24,28-29H,5-6,21-22H2,1-4H3. The Morgan fingerprint density at radius 2 is 1.26 bits per heavy atom. The summed E-state index contributed by atoms with van der Waals surface area (Å²) in [7, 11) is -6.46. The summed E-state index contributed by atoms with van der Waals surface area (Å²) in [5.74, 6) is 0. The fourth-order valence-electron chi connectivity index (χ4n) is 4.44. The lowest BCUT2D eigenvalue weighted by atomic mass is 10.1. The van der Waals surface area contributed by atoms with Crippen LogP contribution in [0.15, 0.2) is 84.9 Å². The molecule has 0 bridgehead atoms. The van der Waals surface area contributed by atoms with Gasteiger partial charge in [0, 0.05) is 28.0 Å². The quantitative estimate of drug-likeness (QED) is 0.254. The van der Waals surface area contributed by atoms with Gasteiger partial charge in [0.25, 0.3) is 0 Å². The van der Waals surface area contributed by atoms with Crippen LogP contribution < -0.4 is 15.9 Å². The van der Waals surface area contributed by atoms with Gasteiger partial charge in [-0.2, -0.15) is 0 Å². The predicted octanol–water partition coefficient (Wildman–Crippen LogP) is 6.83. The molecule has 188 valence electrons. The molecule has 5 nitrogen and oxygen atoms in total. The molecule has 2 unspecified atom stereocenters. The summed E-state index contributed by atoms with van der Waals surface area (Å²) in [6.07, 6.45) is 0.612. The highest BCUT2D eigenvalue weighted by Crippen LogP contribution is 2.55. The van der Waals surface area contributed by atoms with Gasteiger partial charge in [-0.3, -0.25) is 4.57 Å². The summed E-state index contributed by atoms with van der Waals surface area (Å²) in [5.41, 5.74) is 1.79. The van der Waals surface area contributed by atoms with Crippen LogP contribution in [0.2, 0.25) is 0 Å². The Balaban J connectivity index is 2.07. The zero-order valence-corrected chi connectivity index (χ0v) is 22.9. The van der Waals surface area contributed by atoms with Gasteiger partial charge in [0.1, 0.15) is 7.14 Å². The second-order valence-electron chi connectivity index (χ2n) is 8.65. The highest BCUT2D eigenvalue weighted by molar-refractivity contribution is 7.79. The summed E-state index contributed by atoms with van der Waals surface area (Å²) >= 11 is 0. The van der Waals surface area contributed by atoms with E-state index in [0.717, 1.165) is 16.3 Å². The fourth-order valence-corrected chi connectivity index (χ4v) is 9.85. The monoisotopic (exact) mass is 513 g/mol. The highest BCUT2D eigenvalue weighted by Gasteiger charge is 2.41. The van der Waals surface area contributed by atoms with Gasteiger partial charge in [0.15, 0.2) is 0 Å². The van der Waals surface area contributed by atoms with Crippen molar-refractivity contribution in [1.29, 1.82) is 0 Å². The van der Waals surface area contributed by atoms with Crippen molar-refractivity contribution in [3.8, 4) is 0 Å². The topological polar surface area (TPSA) is 64.6 Å². The maximum absolute atomic E-state index is 15.2. The van der Waals surface area contributed by atoms with Gasteiger partial charge in [-0.15, -0.1) is 0 Å². The van der Waals surface area contributed by atoms with Crippen molar-refractivity contribution in [3.63, 3.8) is 0 Å². The Morgan fingerprint density at radius 1 is 0.771 bits per heavy atom. The first-order chi connectivity index (χ1) is 16.8. The molecule has 7 heteroatoms. The molecule has 0 aliphatic carbocycles. The van der Waals surface area contributed by atoms with Crippen molar-refractivity contribution in [2.45, 2.75) is 45.8 Å². The predicted molar refractivity (Wildman–Crippen MR) is 148 cm³/mol. The third-order valence-electron chi connectivity index (χ3n) is 6.12. The molecule has 0 amide bonds. The van der Waals surface area contributed by atoms with Crippen LogP contribution in [0.1, 0.15) is 32.8 Å². The Hall–Kier alpha value is -2.16. The molecule has 3 rings (SSSR count). The van der Waals surface area contributed by atoms with E-state index in [1.54, 1.807) is 0 Å². The van der Waals surface area contributed by atoms with Crippen molar-refractivity contribution in [1.82, 2.24) is 0 Å². The molecule has 0 saturated heterocycles. The molecule has 0 spiro atoms. The van der Waals surface area contributed by atoms with Crippen LogP contribution in [0.5, 0.6) is 0 Å². The number of rotatable bonds is 13. The van der Waals surface area contributed by atoms with Crippen LogP contribution in [0.25, 0.3) is 0 Å². The van der Waals surface area contributed by atoms with Gasteiger partial charge < -0.3 is 18.9 Å². The number of hydrogen-bond donors (Lipinski definition) is 1. The van der Waals surface area contributed by atoms with E-state index in [1.165, 1.54) is 5.56 Å². The normalized spacial score (nSPS) is 13.8. The third kappa shape index (κ3) is 6.96. The molecular formula is C28H37NO4P2. The van der Waals surface area contributed by atoms with Gasteiger partial charge in [-0.25, -0.2) is 0 Å². The van der Waals surface area contributed by atoms with E-state index in [4.69, 9.17) is 9.05 Å². The number of anilines is 1. The second-order valence-corrected chi connectivity index (χ2v) is 13.9. The molecule has 0 heterocycles. The number of aryl methyl sites for hydroxylation is 1. The highest BCUT2D eigenvalue weighted by atomic mass is 31.2. The van der Waals surface area contributed by atoms with E-state index in [9.17, 15) is 4.57 Å². The maximum Gasteiger partial charge on any atom is 0.330 e. The molecule has 0 radical (unpaired) electrons. The first-order valence-corrected chi connectivity index (χ1v) is 15.7. The van der Waals surface area contributed by atoms with Crippen LogP contribution in [-0.2, 0) is 18.2 Å². The van der Waals surface area contributed by atoms with Crippen molar-refractivity contribution in [2.75, 3.05) is 24.7 Å². The largest absolute Gasteiger partial charge is 0.382 e. The summed E-state index contributed by atoms with van der Waals surface area (Å²) in [6, 6.07) is 27.3. The summed E-state index contributed by atoms with van der Waals surface area (Å²) in [5, 5.41) is 5.15. The molecular weight excluding hydrogens is 476 g/mol. The second kappa shape index (κ2) is 12.7.